The Bertz CT molecular complexity index is 352. The van der Waals surface area contributed by atoms with Gasteiger partial charge in [-0.25, -0.2) is 0 Å². The molecule has 1 aliphatic carbocycles. The van der Waals surface area contributed by atoms with Crippen molar-refractivity contribution in [2.24, 2.45) is 5.41 Å². The zero-order valence-corrected chi connectivity index (χ0v) is 12.8. The average Bonchev–Trinajstić information content (AvgIpc) is 2.88. The standard InChI is InChI=1S/C16H23BrO/c1-2-5-14-6-8-15(9-7-14)18-13-16(12-17)10-3-4-11-16/h6-9H,2-5,10-13H2,1H3. The van der Waals surface area contributed by atoms with Gasteiger partial charge in [0.15, 0.2) is 0 Å². The molecule has 0 heterocycles. The molecular formula is C16H23BrO. The van der Waals surface area contributed by atoms with Crippen LogP contribution in [0, 0.1) is 5.41 Å². The van der Waals surface area contributed by atoms with Gasteiger partial charge in [-0.05, 0) is 37.0 Å². The Hall–Kier alpha value is -0.500. The van der Waals surface area contributed by atoms with Crippen LogP contribution in [-0.2, 0) is 6.42 Å². The summed E-state index contributed by atoms with van der Waals surface area (Å²) < 4.78 is 5.99. The molecule has 1 aliphatic rings. The van der Waals surface area contributed by atoms with Crippen molar-refractivity contribution < 1.29 is 4.74 Å². The summed E-state index contributed by atoms with van der Waals surface area (Å²) in [6.07, 6.45) is 7.66. The molecule has 18 heavy (non-hydrogen) atoms. The van der Waals surface area contributed by atoms with Gasteiger partial charge in [0.1, 0.15) is 5.75 Å². The molecule has 0 unspecified atom stereocenters. The monoisotopic (exact) mass is 310 g/mol. The highest BCUT2D eigenvalue weighted by Gasteiger charge is 2.33. The Balaban J connectivity index is 1.89. The van der Waals surface area contributed by atoms with Gasteiger partial charge in [0.2, 0.25) is 0 Å². The third kappa shape index (κ3) is 3.50. The molecule has 2 rings (SSSR count). The van der Waals surface area contributed by atoms with Crippen LogP contribution in [0.25, 0.3) is 0 Å². The van der Waals surface area contributed by atoms with Crippen LogP contribution in [0.15, 0.2) is 24.3 Å². The molecule has 1 nitrogen and oxygen atoms in total. The van der Waals surface area contributed by atoms with E-state index in [-0.39, 0.29) is 0 Å². The van der Waals surface area contributed by atoms with Crippen molar-refractivity contribution >= 4 is 15.9 Å². The second kappa shape index (κ2) is 6.60. The van der Waals surface area contributed by atoms with E-state index in [4.69, 9.17) is 4.74 Å². The lowest BCUT2D eigenvalue weighted by atomic mass is 9.90. The highest BCUT2D eigenvalue weighted by atomic mass is 79.9. The fraction of sp³-hybridized carbons (Fsp3) is 0.625. The van der Waals surface area contributed by atoms with Crippen LogP contribution in [0.4, 0.5) is 0 Å². The normalized spacial score (nSPS) is 17.9. The van der Waals surface area contributed by atoms with Gasteiger partial charge in [0.05, 0.1) is 6.61 Å². The quantitative estimate of drug-likeness (QED) is 0.674. The molecule has 100 valence electrons. The van der Waals surface area contributed by atoms with Crippen LogP contribution >= 0.6 is 15.9 Å². The molecular weight excluding hydrogens is 288 g/mol. The maximum absolute atomic E-state index is 5.99. The van der Waals surface area contributed by atoms with Gasteiger partial charge in [0.25, 0.3) is 0 Å². The molecule has 0 saturated heterocycles. The first-order chi connectivity index (χ1) is 8.78. The van der Waals surface area contributed by atoms with Gasteiger partial charge in [-0.2, -0.15) is 0 Å². The zero-order chi connectivity index (χ0) is 12.8. The lowest BCUT2D eigenvalue weighted by molar-refractivity contribution is 0.174. The number of alkyl halides is 1. The van der Waals surface area contributed by atoms with Crippen molar-refractivity contribution in [3.05, 3.63) is 29.8 Å². The van der Waals surface area contributed by atoms with Crippen molar-refractivity contribution in [1.82, 2.24) is 0 Å². The van der Waals surface area contributed by atoms with E-state index in [1.165, 1.54) is 37.7 Å². The molecule has 0 bridgehead atoms. The Kier molecular flexibility index (Phi) is 5.11. The van der Waals surface area contributed by atoms with Gasteiger partial charge in [0, 0.05) is 10.7 Å². The number of halogens is 1. The number of hydrogen-bond donors (Lipinski definition) is 0. The summed E-state index contributed by atoms with van der Waals surface area (Å²) >= 11 is 3.66. The molecule has 1 saturated carbocycles. The van der Waals surface area contributed by atoms with Crippen LogP contribution in [-0.4, -0.2) is 11.9 Å². The summed E-state index contributed by atoms with van der Waals surface area (Å²) in [7, 11) is 0. The summed E-state index contributed by atoms with van der Waals surface area (Å²) in [4.78, 5) is 0. The van der Waals surface area contributed by atoms with Gasteiger partial charge in [-0.15, -0.1) is 0 Å². The zero-order valence-electron chi connectivity index (χ0n) is 11.3. The summed E-state index contributed by atoms with van der Waals surface area (Å²) in [6, 6.07) is 8.60. The highest BCUT2D eigenvalue weighted by Crippen LogP contribution is 2.39. The molecule has 1 aromatic carbocycles. The summed E-state index contributed by atoms with van der Waals surface area (Å²) in [5.74, 6) is 1.02. The van der Waals surface area contributed by atoms with Gasteiger partial charge in [-0.1, -0.05) is 54.2 Å². The molecule has 0 N–H and O–H groups in total. The Morgan fingerprint density at radius 1 is 1.17 bits per heavy atom. The number of benzene rings is 1. The van der Waals surface area contributed by atoms with Crippen LogP contribution < -0.4 is 4.74 Å². The molecule has 0 atom stereocenters. The lowest BCUT2D eigenvalue weighted by Crippen LogP contribution is -2.26. The van der Waals surface area contributed by atoms with E-state index < -0.39 is 0 Å². The molecule has 0 aromatic heterocycles. The predicted octanol–water partition coefficient (Wildman–Crippen LogP) is 4.97. The second-order valence-corrected chi connectivity index (χ2v) is 6.08. The van der Waals surface area contributed by atoms with Gasteiger partial charge in [-0.3, -0.25) is 0 Å². The molecule has 1 aromatic rings. The fourth-order valence-corrected chi connectivity index (χ4v) is 3.44. The van der Waals surface area contributed by atoms with Crippen LogP contribution in [0.2, 0.25) is 0 Å². The number of hydrogen-bond acceptors (Lipinski definition) is 1. The summed E-state index contributed by atoms with van der Waals surface area (Å²) in [5, 5.41) is 1.06. The number of rotatable bonds is 6. The molecule has 0 spiro atoms. The summed E-state index contributed by atoms with van der Waals surface area (Å²) in [5.41, 5.74) is 1.78. The third-order valence-electron chi connectivity index (χ3n) is 3.95. The second-order valence-electron chi connectivity index (χ2n) is 5.52. The van der Waals surface area contributed by atoms with Crippen molar-refractivity contribution in [3.63, 3.8) is 0 Å². The first kappa shape index (κ1) is 13.9. The highest BCUT2D eigenvalue weighted by molar-refractivity contribution is 9.09. The number of ether oxygens (including phenoxy) is 1. The van der Waals surface area contributed by atoms with Gasteiger partial charge >= 0.3 is 0 Å². The maximum Gasteiger partial charge on any atom is 0.119 e. The molecule has 0 radical (unpaired) electrons. The lowest BCUT2D eigenvalue weighted by Gasteiger charge is -2.26. The molecule has 1 fully saturated rings. The van der Waals surface area contributed by atoms with E-state index in [0.29, 0.717) is 5.41 Å². The minimum absolute atomic E-state index is 0.377. The Morgan fingerprint density at radius 2 is 1.83 bits per heavy atom. The smallest absolute Gasteiger partial charge is 0.119 e. The summed E-state index contributed by atoms with van der Waals surface area (Å²) in [6.45, 7) is 3.07. The van der Waals surface area contributed by atoms with Gasteiger partial charge < -0.3 is 4.74 Å². The predicted molar refractivity (Wildman–Crippen MR) is 80.6 cm³/mol. The maximum atomic E-state index is 5.99. The van der Waals surface area contributed by atoms with Crippen LogP contribution in [0.1, 0.15) is 44.6 Å². The van der Waals surface area contributed by atoms with E-state index in [9.17, 15) is 0 Å². The van der Waals surface area contributed by atoms with E-state index in [0.717, 1.165) is 24.1 Å². The van der Waals surface area contributed by atoms with E-state index >= 15 is 0 Å². The molecule has 0 aliphatic heterocycles. The first-order valence-corrected chi connectivity index (χ1v) is 8.18. The largest absolute Gasteiger partial charge is 0.493 e. The number of aryl methyl sites for hydroxylation is 1. The third-order valence-corrected chi connectivity index (χ3v) is 5.14. The van der Waals surface area contributed by atoms with Crippen molar-refractivity contribution in [2.45, 2.75) is 45.4 Å². The molecule has 2 heteroatoms. The van der Waals surface area contributed by atoms with E-state index in [1.54, 1.807) is 0 Å². The van der Waals surface area contributed by atoms with Crippen molar-refractivity contribution in [1.29, 1.82) is 0 Å². The first-order valence-electron chi connectivity index (χ1n) is 7.06. The molecule has 0 amide bonds. The van der Waals surface area contributed by atoms with Crippen LogP contribution in [0.3, 0.4) is 0 Å². The van der Waals surface area contributed by atoms with Crippen molar-refractivity contribution in [3.8, 4) is 5.75 Å². The minimum atomic E-state index is 0.377. The van der Waals surface area contributed by atoms with E-state index in [1.807, 2.05) is 0 Å². The Morgan fingerprint density at radius 3 is 2.39 bits per heavy atom. The van der Waals surface area contributed by atoms with E-state index in [2.05, 4.69) is 47.1 Å². The van der Waals surface area contributed by atoms with Crippen molar-refractivity contribution in [2.75, 3.05) is 11.9 Å². The topological polar surface area (TPSA) is 9.23 Å². The van der Waals surface area contributed by atoms with Crippen LogP contribution in [0.5, 0.6) is 5.75 Å². The SMILES string of the molecule is CCCc1ccc(OCC2(CBr)CCCC2)cc1. The fourth-order valence-electron chi connectivity index (χ4n) is 2.72. The minimum Gasteiger partial charge on any atom is -0.493 e. The average molecular weight is 311 g/mol. The Labute approximate surface area is 119 Å².